The van der Waals surface area contributed by atoms with Gasteiger partial charge in [-0.1, -0.05) is 26.0 Å². The van der Waals surface area contributed by atoms with Crippen molar-refractivity contribution in [1.29, 1.82) is 0 Å². The fourth-order valence-corrected chi connectivity index (χ4v) is 6.00. The van der Waals surface area contributed by atoms with Crippen LogP contribution in [0.15, 0.2) is 42.2 Å². The maximum Gasteiger partial charge on any atom is 0.418 e. The molecule has 36 heavy (non-hydrogen) atoms. The third kappa shape index (κ3) is 5.41. The summed E-state index contributed by atoms with van der Waals surface area (Å²) in [4.78, 5) is 52.4. The number of imide groups is 1. The van der Waals surface area contributed by atoms with Crippen molar-refractivity contribution in [2.75, 3.05) is 11.9 Å². The Kier molecular flexibility index (Phi) is 8.73. The first-order chi connectivity index (χ1) is 16.7. The molecule has 1 aliphatic heterocycles. The van der Waals surface area contributed by atoms with E-state index in [2.05, 4.69) is 69.0 Å². The molecule has 1 unspecified atom stereocenters. The van der Waals surface area contributed by atoms with Crippen molar-refractivity contribution < 1.29 is 37.1 Å². The van der Waals surface area contributed by atoms with Gasteiger partial charge in [-0.15, -0.1) is 0 Å². The standard InChI is InChI=1S/C22H15Br4F3N2O5/c1-8(2)18(31-19(33)12-13(20(31)34)15(24)17(26)16(25)14(12)23)21(35)36-7-11(32)30-10-6-4-3-5-9(10)22(27,28)29/h3-6,8,18H,7H2,1-2H3,(H,30,32). The molecule has 192 valence electrons. The van der Waals surface area contributed by atoms with E-state index in [1.54, 1.807) is 13.8 Å². The lowest BCUT2D eigenvalue weighted by Crippen LogP contribution is -2.49. The molecule has 0 saturated heterocycles. The van der Waals surface area contributed by atoms with E-state index in [1.165, 1.54) is 12.1 Å². The van der Waals surface area contributed by atoms with Crippen LogP contribution in [0.25, 0.3) is 0 Å². The summed E-state index contributed by atoms with van der Waals surface area (Å²) in [5, 5.41) is 2.06. The van der Waals surface area contributed by atoms with Crippen LogP contribution in [0.2, 0.25) is 0 Å². The van der Waals surface area contributed by atoms with Crippen molar-refractivity contribution in [2.24, 2.45) is 5.92 Å². The van der Waals surface area contributed by atoms with Gasteiger partial charge >= 0.3 is 12.1 Å². The Morgan fingerprint density at radius 2 is 1.44 bits per heavy atom. The molecule has 14 heteroatoms. The molecule has 0 aromatic heterocycles. The lowest BCUT2D eigenvalue weighted by Gasteiger charge is -2.27. The number of benzene rings is 2. The fraction of sp³-hybridized carbons (Fsp3) is 0.273. The zero-order valence-corrected chi connectivity index (χ0v) is 24.6. The molecule has 0 fully saturated rings. The number of alkyl halides is 3. The summed E-state index contributed by atoms with van der Waals surface area (Å²) in [6.07, 6.45) is -4.71. The second kappa shape index (κ2) is 10.9. The van der Waals surface area contributed by atoms with Crippen LogP contribution in [0.5, 0.6) is 0 Å². The van der Waals surface area contributed by atoms with E-state index in [9.17, 15) is 32.3 Å². The highest BCUT2D eigenvalue weighted by molar-refractivity contribution is 9.15. The number of halogens is 7. The number of para-hydroxylation sites is 1. The first-order valence-electron chi connectivity index (χ1n) is 10.0. The van der Waals surface area contributed by atoms with Gasteiger partial charge in [0.15, 0.2) is 6.61 Å². The number of ether oxygens (including phenoxy) is 1. The smallest absolute Gasteiger partial charge is 0.418 e. The third-order valence-corrected chi connectivity index (χ3v) is 9.90. The monoisotopic (exact) mass is 760 g/mol. The second-order valence-electron chi connectivity index (χ2n) is 7.87. The normalized spacial score (nSPS) is 14.2. The molecule has 0 radical (unpaired) electrons. The van der Waals surface area contributed by atoms with Crippen molar-refractivity contribution >= 4 is 93.1 Å². The Balaban J connectivity index is 1.81. The van der Waals surface area contributed by atoms with Crippen LogP contribution in [-0.4, -0.2) is 41.2 Å². The van der Waals surface area contributed by atoms with Gasteiger partial charge in [-0.05, 0) is 81.8 Å². The van der Waals surface area contributed by atoms with E-state index >= 15 is 0 Å². The Morgan fingerprint density at radius 3 is 1.92 bits per heavy atom. The summed E-state index contributed by atoms with van der Waals surface area (Å²) in [6.45, 7) is 2.22. The Morgan fingerprint density at radius 1 is 0.944 bits per heavy atom. The summed E-state index contributed by atoms with van der Waals surface area (Å²) in [7, 11) is 0. The minimum atomic E-state index is -4.71. The number of nitrogens with one attached hydrogen (secondary N) is 1. The highest BCUT2D eigenvalue weighted by Crippen LogP contribution is 2.46. The minimum absolute atomic E-state index is 0.0295. The van der Waals surface area contributed by atoms with Gasteiger partial charge in [0.25, 0.3) is 17.7 Å². The van der Waals surface area contributed by atoms with Gasteiger partial charge in [0.2, 0.25) is 0 Å². The molecule has 0 spiro atoms. The van der Waals surface area contributed by atoms with Gasteiger partial charge in [0.05, 0.1) is 22.4 Å². The fourth-order valence-electron chi connectivity index (χ4n) is 3.54. The van der Waals surface area contributed by atoms with Crippen molar-refractivity contribution in [2.45, 2.75) is 26.1 Å². The molecule has 1 atom stereocenters. The maximum absolute atomic E-state index is 13.2. The lowest BCUT2D eigenvalue weighted by molar-refractivity contribution is -0.152. The quantitative estimate of drug-likeness (QED) is 0.156. The Hall–Kier alpha value is -1.77. The molecule has 0 saturated carbocycles. The molecule has 2 aromatic carbocycles. The highest BCUT2D eigenvalue weighted by Gasteiger charge is 2.48. The van der Waals surface area contributed by atoms with Crippen molar-refractivity contribution in [3.05, 3.63) is 58.8 Å². The zero-order valence-electron chi connectivity index (χ0n) is 18.3. The van der Waals surface area contributed by atoms with Crippen LogP contribution >= 0.6 is 63.7 Å². The molecular formula is C22H15Br4F3N2O5. The van der Waals surface area contributed by atoms with Gasteiger partial charge in [-0.3, -0.25) is 19.3 Å². The molecule has 3 amide bonds. The summed E-state index contributed by atoms with van der Waals surface area (Å²) in [6, 6.07) is 2.93. The molecule has 2 aromatic rings. The third-order valence-electron chi connectivity index (χ3n) is 5.14. The molecule has 1 N–H and O–H groups in total. The first-order valence-corrected chi connectivity index (χ1v) is 13.2. The van der Waals surface area contributed by atoms with E-state index in [1.807, 2.05) is 0 Å². The number of anilines is 1. The van der Waals surface area contributed by atoms with Crippen LogP contribution in [0, 0.1) is 5.92 Å². The van der Waals surface area contributed by atoms with Gasteiger partial charge in [-0.2, -0.15) is 13.2 Å². The lowest BCUT2D eigenvalue weighted by atomic mass is 10.0. The molecule has 3 rings (SSSR count). The Bertz CT molecular complexity index is 1240. The van der Waals surface area contributed by atoms with Gasteiger partial charge in [0, 0.05) is 17.9 Å². The van der Waals surface area contributed by atoms with E-state index in [-0.39, 0.29) is 11.1 Å². The molecular weight excluding hydrogens is 749 g/mol. The number of hydrogen-bond acceptors (Lipinski definition) is 5. The molecule has 0 bridgehead atoms. The van der Waals surface area contributed by atoms with E-state index in [4.69, 9.17) is 4.74 Å². The number of carbonyl (C=O) groups is 4. The second-order valence-corrected chi connectivity index (χ2v) is 11.0. The largest absolute Gasteiger partial charge is 0.454 e. The number of hydrogen-bond donors (Lipinski definition) is 1. The number of amides is 3. The van der Waals surface area contributed by atoms with Crippen LogP contribution in [0.4, 0.5) is 18.9 Å². The average molecular weight is 764 g/mol. The van der Waals surface area contributed by atoms with E-state index in [0.29, 0.717) is 17.9 Å². The van der Waals surface area contributed by atoms with Crippen molar-refractivity contribution in [3.8, 4) is 0 Å². The Labute approximate surface area is 236 Å². The number of carbonyl (C=O) groups excluding carboxylic acids is 4. The topological polar surface area (TPSA) is 92.8 Å². The van der Waals surface area contributed by atoms with Crippen LogP contribution in [0.1, 0.15) is 40.1 Å². The van der Waals surface area contributed by atoms with Gasteiger partial charge in [-0.25, -0.2) is 4.79 Å². The van der Waals surface area contributed by atoms with Crippen molar-refractivity contribution in [3.63, 3.8) is 0 Å². The molecule has 7 nitrogen and oxygen atoms in total. The highest BCUT2D eigenvalue weighted by atomic mass is 79.9. The predicted octanol–water partition coefficient (Wildman–Crippen LogP) is 6.56. The molecule has 1 heterocycles. The SMILES string of the molecule is CC(C)C(C(=O)OCC(=O)Nc1ccccc1C(F)(F)F)N1C(=O)c2c(Br)c(Br)c(Br)c(Br)c2C1=O. The summed E-state index contributed by atoms with van der Waals surface area (Å²) < 4.78 is 46.0. The van der Waals surface area contributed by atoms with E-state index in [0.717, 1.165) is 17.0 Å². The maximum atomic E-state index is 13.2. The van der Waals surface area contributed by atoms with Crippen LogP contribution in [0.3, 0.4) is 0 Å². The average Bonchev–Trinajstić information content (AvgIpc) is 3.05. The summed E-state index contributed by atoms with van der Waals surface area (Å²) >= 11 is 13.2. The minimum Gasteiger partial charge on any atom is -0.454 e. The number of rotatable bonds is 6. The first kappa shape index (κ1) is 28.8. The van der Waals surface area contributed by atoms with E-state index < -0.39 is 59.7 Å². The molecule has 1 aliphatic rings. The summed E-state index contributed by atoms with van der Waals surface area (Å²) in [5.74, 6) is -4.21. The number of fused-ring (bicyclic) bond motifs is 1. The number of nitrogens with zero attached hydrogens (tertiary/aromatic N) is 1. The van der Waals surface area contributed by atoms with Crippen molar-refractivity contribution in [1.82, 2.24) is 4.90 Å². The van der Waals surface area contributed by atoms with Crippen LogP contribution < -0.4 is 5.32 Å². The molecule has 0 aliphatic carbocycles. The van der Waals surface area contributed by atoms with Gasteiger partial charge in [0.1, 0.15) is 6.04 Å². The predicted molar refractivity (Wildman–Crippen MR) is 137 cm³/mol. The number of esters is 1. The summed E-state index contributed by atoms with van der Waals surface area (Å²) in [5.41, 5.74) is -1.51. The van der Waals surface area contributed by atoms with Gasteiger partial charge < -0.3 is 10.1 Å². The zero-order chi connectivity index (χ0) is 27.1. The van der Waals surface area contributed by atoms with Crippen LogP contribution in [-0.2, 0) is 20.5 Å².